The topological polar surface area (TPSA) is 81.3 Å². The Labute approximate surface area is 184 Å². The highest BCUT2D eigenvalue weighted by Gasteiger charge is 2.17. The van der Waals surface area contributed by atoms with Crippen LogP contribution in [-0.2, 0) is 17.8 Å². The van der Waals surface area contributed by atoms with Crippen LogP contribution >= 0.6 is 0 Å². The average Bonchev–Trinajstić information content (AvgIpc) is 3.13. The third kappa shape index (κ3) is 3.54. The van der Waals surface area contributed by atoms with Gasteiger partial charge in [0.25, 0.3) is 5.56 Å². The van der Waals surface area contributed by atoms with Gasteiger partial charge in [0.15, 0.2) is 0 Å². The summed E-state index contributed by atoms with van der Waals surface area (Å²) in [5.41, 5.74) is 4.50. The fourth-order valence-electron chi connectivity index (χ4n) is 3.91. The molecule has 1 amide bonds. The number of hydrogen-bond donors (Lipinski definition) is 1. The highest BCUT2D eigenvalue weighted by atomic mass is 16.2. The van der Waals surface area contributed by atoms with Crippen molar-refractivity contribution < 1.29 is 4.79 Å². The smallest absolute Gasteiger partial charge is 0.260 e. The molecule has 0 saturated heterocycles. The van der Waals surface area contributed by atoms with E-state index < -0.39 is 0 Å². The Morgan fingerprint density at radius 3 is 2.53 bits per heavy atom. The number of para-hydroxylation sites is 2. The Balaban J connectivity index is 1.61. The summed E-state index contributed by atoms with van der Waals surface area (Å²) in [4.78, 5) is 34.8. The van der Waals surface area contributed by atoms with Crippen molar-refractivity contribution in [2.24, 2.45) is 0 Å². The van der Waals surface area contributed by atoms with Gasteiger partial charge in [-0.05, 0) is 48.4 Å². The van der Waals surface area contributed by atoms with Crippen molar-refractivity contribution in [3.63, 3.8) is 0 Å². The van der Waals surface area contributed by atoms with Crippen LogP contribution in [0.1, 0.15) is 12.5 Å². The van der Waals surface area contributed by atoms with Gasteiger partial charge in [0.05, 0.1) is 16.7 Å². The maximum absolute atomic E-state index is 13.0. The maximum Gasteiger partial charge on any atom is 0.260 e. The van der Waals surface area contributed by atoms with E-state index in [0.29, 0.717) is 17.0 Å². The van der Waals surface area contributed by atoms with Crippen LogP contribution in [0, 0.1) is 0 Å². The molecule has 7 nitrogen and oxygen atoms in total. The molecular weight excluding hydrogens is 402 g/mol. The molecule has 1 N–H and O–H groups in total. The van der Waals surface area contributed by atoms with Crippen molar-refractivity contribution in [3.05, 3.63) is 95.0 Å². The van der Waals surface area contributed by atoms with Crippen LogP contribution in [0.2, 0.25) is 0 Å². The van der Waals surface area contributed by atoms with E-state index in [-0.39, 0.29) is 18.0 Å². The zero-order valence-electron chi connectivity index (χ0n) is 17.5. The molecule has 2 aromatic carbocycles. The molecule has 0 bridgehead atoms. The van der Waals surface area contributed by atoms with E-state index in [4.69, 9.17) is 4.98 Å². The Morgan fingerprint density at radius 1 is 0.969 bits per heavy atom. The van der Waals surface area contributed by atoms with Crippen LogP contribution in [0.15, 0.2) is 83.9 Å². The fraction of sp³-hybridized carbons (Fsp3) is 0.120. The first kappa shape index (κ1) is 19.7. The summed E-state index contributed by atoms with van der Waals surface area (Å²) in [5.74, 6) is 0.230. The van der Waals surface area contributed by atoms with Gasteiger partial charge in [0.2, 0.25) is 11.7 Å². The van der Waals surface area contributed by atoms with Crippen molar-refractivity contribution in [1.82, 2.24) is 18.9 Å². The Kier molecular flexibility index (Phi) is 4.99. The number of anilines is 1. The van der Waals surface area contributed by atoms with Crippen molar-refractivity contribution in [2.45, 2.75) is 19.9 Å². The van der Waals surface area contributed by atoms with E-state index in [1.807, 2.05) is 48.5 Å². The molecule has 0 unspecified atom stereocenters. The minimum absolute atomic E-state index is 0.0274. The summed E-state index contributed by atoms with van der Waals surface area (Å²) in [6.45, 7) is 2.10. The number of nitrogens with one attached hydrogen (secondary N) is 1. The van der Waals surface area contributed by atoms with Gasteiger partial charge in [0.1, 0.15) is 6.54 Å². The van der Waals surface area contributed by atoms with Crippen LogP contribution in [-0.4, -0.2) is 24.8 Å². The zero-order chi connectivity index (χ0) is 22.1. The second kappa shape index (κ2) is 8.11. The minimum atomic E-state index is -0.201. The first-order valence-corrected chi connectivity index (χ1v) is 10.4. The monoisotopic (exact) mass is 423 g/mol. The third-order valence-corrected chi connectivity index (χ3v) is 5.45. The number of carbonyl (C=O) groups excluding carboxylic acids is 1. The molecule has 7 heteroatoms. The SMILES string of the molecule is CCc1cccc(NC(=O)Cn2c3ccccc3n3c(=O)cc(-c4ccncc4)nc23)c1. The quantitative estimate of drug-likeness (QED) is 0.465. The molecular formula is C25H21N5O2. The first-order chi connectivity index (χ1) is 15.6. The molecule has 5 aromatic rings. The molecule has 0 radical (unpaired) electrons. The van der Waals surface area contributed by atoms with E-state index in [2.05, 4.69) is 17.2 Å². The normalized spacial score (nSPS) is 11.2. The summed E-state index contributed by atoms with van der Waals surface area (Å²) < 4.78 is 3.32. The Hall–Kier alpha value is -4.26. The lowest BCUT2D eigenvalue weighted by atomic mass is 10.1. The fourth-order valence-corrected chi connectivity index (χ4v) is 3.91. The molecule has 3 heterocycles. The number of pyridine rings is 1. The highest BCUT2D eigenvalue weighted by molar-refractivity contribution is 5.92. The number of amides is 1. The largest absolute Gasteiger partial charge is 0.325 e. The van der Waals surface area contributed by atoms with E-state index in [9.17, 15) is 9.59 Å². The average molecular weight is 423 g/mol. The Bertz CT molecular complexity index is 1500. The summed E-state index contributed by atoms with van der Waals surface area (Å²) >= 11 is 0. The van der Waals surface area contributed by atoms with E-state index in [1.165, 1.54) is 6.07 Å². The number of aromatic nitrogens is 4. The molecule has 158 valence electrons. The highest BCUT2D eigenvalue weighted by Crippen LogP contribution is 2.22. The van der Waals surface area contributed by atoms with Crippen LogP contribution < -0.4 is 10.9 Å². The number of nitrogens with zero attached hydrogens (tertiary/aromatic N) is 4. The number of fused-ring (bicyclic) bond motifs is 3. The second-order valence-corrected chi connectivity index (χ2v) is 7.53. The molecule has 5 rings (SSSR count). The maximum atomic E-state index is 13.0. The number of carbonyl (C=O) groups is 1. The molecule has 0 aliphatic carbocycles. The van der Waals surface area contributed by atoms with Crippen LogP contribution in [0.3, 0.4) is 0 Å². The molecule has 0 aliphatic rings. The first-order valence-electron chi connectivity index (χ1n) is 10.4. The molecule has 0 fully saturated rings. The van der Waals surface area contributed by atoms with Gasteiger partial charge in [-0.25, -0.2) is 9.38 Å². The van der Waals surface area contributed by atoms with Crippen LogP contribution in [0.5, 0.6) is 0 Å². The number of aryl methyl sites for hydroxylation is 1. The van der Waals surface area contributed by atoms with E-state index in [0.717, 1.165) is 28.8 Å². The standard InChI is InChI=1S/C25H21N5O2/c1-2-17-6-5-7-19(14-17)27-23(31)16-29-21-8-3-4-9-22(21)30-24(32)15-20(28-25(29)30)18-10-12-26-13-11-18/h3-15H,2,16H2,1H3,(H,27,31). The van der Waals surface area contributed by atoms with Crippen LogP contribution in [0.4, 0.5) is 5.69 Å². The van der Waals surface area contributed by atoms with E-state index >= 15 is 0 Å². The summed E-state index contributed by atoms with van der Waals surface area (Å²) in [5, 5.41) is 2.96. The van der Waals surface area contributed by atoms with Crippen molar-refractivity contribution in [1.29, 1.82) is 0 Å². The van der Waals surface area contributed by atoms with Gasteiger partial charge in [0, 0.05) is 29.7 Å². The van der Waals surface area contributed by atoms with Crippen molar-refractivity contribution in [3.8, 4) is 11.3 Å². The molecule has 32 heavy (non-hydrogen) atoms. The summed E-state index contributed by atoms with van der Waals surface area (Å²) in [6, 6.07) is 20.4. The van der Waals surface area contributed by atoms with Crippen LogP contribution in [0.25, 0.3) is 28.1 Å². The minimum Gasteiger partial charge on any atom is -0.325 e. The lowest BCUT2D eigenvalue weighted by Crippen LogP contribution is -2.20. The molecule has 0 aliphatic heterocycles. The van der Waals surface area contributed by atoms with Gasteiger partial charge >= 0.3 is 0 Å². The van der Waals surface area contributed by atoms with Gasteiger partial charge in [-0.3, -0.25) is 14.6 Å². The number of rotatable bonds is 5. The lowest BCUT2D eigenvalue weighted by molar-refractivity contribution is -0.116. The summed E-state index contributed by atoms with van der Waals surface area (Å²) in [7, 11) is 0. The molecule has 0 saturated carbocycles. The molecule has 3 aromatic heterocycles. The molecule has 0 spiro atoms. The summed E-state index contributed by atoms with van der Waals surface area (Å²) in [6.07, 6.45) is 4.21. The number of benzene rings is 2. The van der Waals surface area contributed by atoms with E-state index in [1.54, 1.807) is 33.5 Å². The van der Waals surface area contributed by atoms with Gasteiger partial charge in [-0.15, -0.1) is 0 Å². The number of imidazole rings is 1. The van der Waals surface area contributed by atoms with Gasteiger partial charge in [-0.2, -0.15) is 0 Å². The predicted octanol–water partition coefficient (Wildman–Crippen LogP) is 3.91. The Morgan fingerprint density at radius 2 is 1.75 bits per heavy atom. The number of hydrogen-bond acceptors (Lipinski definition) is 4. The zero-order valence-corrected chi connectivity index (χ0v) is 17.5. The second-order valence-electron chi connectivity index (χ2n) is 7.53. The third-order valence-electron chi connectivity index (χ3n) is 5.45. The van der Waals surface area contributed by atoms with Crippen molar-refractivity contribution in [2.75, 3.05) is 5.32 Å². The van der Waals surface area contributed by atoms with Crippen molar-refractivity contribution >= 4 is 28.4 Å². The predicted molar refractivity (Wildman–Crippen MR) is 125 cm³/mol. The van der Waals surface area contributed by atoms with Gasteiger partial charge in [-0.1, -0.05) is 31.2 Å². The lowest BCUT2D eigenvalue weighted by Gasteiger charge is -2.09. The van der Waals surface area contributed by atoms with Gasteiger partial charge < -0.3 is 9.88 Å². The molecule has 0 atom stereocenters.